The van der Waals surface area contributed by atoms with Crippen LogP contribution < -0.4 is 10.1 Å². The highest BCUT2D eigenvalue weighted by molar-refractivity contribution is 5.95. The molecular formula is C20H16F3NO2. The van der Waals surface area contributed by atoms with Gasteiger partial charge >= 0.3 is 6.18 Å². The Morgan fingerprint density at radius 3 is 2.35 bits per heavy atom. The first kappa shape index (κ1) is 17.8. The minimum absolute atomic E-state index is 0.293. The van der Waals surface area contributed by atoms with Crippen LogP contribution in [-0.2, 0) is 11.0 Å². The van der Waals surface area contributed by atoms with Crippen molar-refractivity contribution in [1.29, 1.82) is 0 Å². The molecule has 0 aliphatic rings. The Kier molecular flexibility index (Phi) is 4.84. The van der Waals surface area contributed by atoms with Crippen molar-refractivity contribution in [2.45, 2.75) is 19.2 Å². The molecule has 3 aromatic rings. The number of carbonyl (C=O) groups is 1. The average molecular weight is 359 g/mol. The van der Waals surface area contributed by atoms with Crippen LogP contribution in [0.25, 0.3) is 10.8 Å². The highest BCUT2D eigenvalue weighted by Gasteiger charge is 2.34. The minimum Gasteiger partial charge on any atom is -0.481 e. The number of amides is 1. The largest absolute Gasteiger partial charge is 0.481 e. The van der Waals surface area contributed by atoms with Crippen molar-refractivity contribution in [3.05, 3.63) is 72.3 Å². The summed E-state index contributed by atoms with van der Waals surface area (Å²) in [5.41, 5.74) is -1.19. The number of alkyl halides is 3. The Labute approximate surface area is 148 Å². The first-order valence-electron chi connectivity index (χ1n) is 7.97. The second kappa shape index (κ2) is 7.07. The number of fused-ring (bicyclic) bond motifs is 1. The molecule has 0 bridgehead atoms. The zero-order chi connectivity index (χ0) is 18.7. The summed E-state index contributed by atoms with van der Waals surface area (Å²) in [6.07, 6.45) is -5.51. The lowest BCUT2D eigenvalue weighted by Gasteiger charge is -2.17. The number of anilines is 1. The van der Waals surface area contributed by atoms with Crippen molar-refractivity contribution in [2.75, 3.05) is 5.32 Å². The van der Waals surface area contributed by atoms with Crippen LogP contribution >= 0.6 is 0 Å². The molecule has 0 aliphatic carbocycles. The van der Waals surface area contributed by atoms with E-state index in [1.165, 1.54) is 25.1 Å². The van der Waals surface area contributed by atoms with Crippen LogP contribution in [0.15, 0.2) is 66.7 Å². The predicted octanol–water partition coefficient (Wildman–Crippen LogP) is 5.26. The van der Waals surface area contributed by atoms with Gasteiger partial charge in [0.15, 0.2) is 6.10 Å². The third kappa shape index (κ3) is 3.96. The molecule has 134 valence electrons. The third-order valence-corrected chi connectivity index (χ3v) is 3.89. The van der Waals surface area contributed by atoms with Gasteiger partial charge in [0, 0.05) is 0 Å². The minimum atomic E-state index is -4.55. The standard InChI is InChI=1S/C20H16F3NO2/c1-13(26-16-11-10-14-6-2-3-7-15(14)12-16)19(25)24-18-9-5-4-8-17(18)20(21,22)23/h2-13H,1H3,(H,24,25)/t13-/m0/s1. The molecule has 0 aromatic heterocycles. The number of nitrogens with one attached hydrogen (secondary N) is 1. The molecule has 0 saturated carbocycles. The van der Waals surface area contributed by atoms with E-state index >= 15 is 0 Å². The number of para-hydroxylation sites is 1. The van der Waals surface area contributed by atoms with Gasteiger partial charge in [-0.05, 0) is 42.0 Å². The highest BCUT2D eigenvalue weighted by Crippen LogP contribution is 2.34. The van der Waals surface area contributed by atoms with E-state index in [4.69, 9.17) is 4.74 Å². The van der Waals surface area contributed by atoms with Crippen LogP contribution in [0.3, 0.4) is 0 Å². The Morgan fingerprint density at radius 1 is 0.962 bits per heavy atom. The topological polar surface area (TPSA) is 38.3 Å². The fourth-order valence-electron chi connectivity index (χ4n) is 2.57. The van der Waals surface area contributed by atoms with Gasteiger partial charge in [0.1, 0.15) is 5.75 Å². The van der Waals surface area contributed by atoms with E-state index in [1.54, 1.807) is 12.1 Å². The second-order valence-corrected chi connectivity index (χ2v) is 5.80. The van der Waals surface area contributed by atoms with Crippen LogP contribution in [0.4, 0.5) is 18.9 Å². The molecule has 0 saturated heterocycles. The summed E-state index contributed by atoms with van der Waals surface area (Å²) in [7, 11) is 0. The molecular weight excluding hydrogens is 343 g/mol. The number of halogens is 3. The average Bonchev–Trinajstić information content (AvgIpc) is 2.61. The number of hydrogen-bond acceptors (Lipinski definition) is 2. The Balaban J connectivity index is 1.74. The second-order valence-electron chi connectivity index (χ2n) is 5.80. The number of carbonyl (C=O) groups excluding carboxylic acids is 1. The van der Waals surface area contributed by atoms with Gasteiger partial charge in [0.2, 0.25) is 0 Å². The first-order valence-corrected chi connectivity index (χ1v) is 7.97. The summed E-state index contributed by atoms with van der Waals surface area (Å²) in [4.78, 5) is 12.3. The lowest BCUT2D eigenvalue weighted by molar-refractivity contribution is -0.137. The van der Waals surface area contributed by atoms with Crippen LogP contribution in [0.1, 0.15) is 12.5 Å². The van der Waals surface area contributed by atoms with Gasteiger partial charge in [-0.25, -0.2) is 0 Å². The summed E-state index contributed by atoms with van der Waals surface area (Å²) in [5, 5.41) is 4.26. The summed E-state index contributed by atoms with van der Waals surface area (Å²) in [5.74, 6) is -0.190. The van der Waals surface area contributed by atoms with E-state index < -0.39 is 23.8 Å². The van der Waals surface area contributed by atoms with Gasteiger partial charge in [-0.2, -0.15) is 13.2 Å². The van der Waals surface area contributed by atoms with Gasteiger partial charge in [0.25, 0.3) is 5.91 Å². The number of ether oxygens (including phenoxy) is 1. The van der Waals surface area contributed by atoms with Crippen LogP contribution in [-0.4, -0.2) is 12.0 Å². The molecule has 26 heavy (non-hydrogen) atoms. The maximum atomic E-state index is 13.0. The smallest absolute Gasteiger partial charge is 0.418 e. The zero-order valence-electron chi connectivity index (χ0n) is 13.9. The van der Waals surface area contributed by atoms with Crippen molar-refractivity contribution in [3.8, 4) is 5.75 Å². The monoisotopic (exact) mass is 359 g/mol. The van der Waals surface area contributed by atoms with E-state index in [-0.39, 0.29) is 5.69 Å². The first-order chi connectivity index (χ1) is 12.3. The predicted molar refractivity (Wildman–Crippen MR) is 94.1 cm³/mol. The molecule has 1 atom stereocenters. The van der Waals surface area contributed by atoms with Crippen molar-refractivity contribution in [2.24, 2.45) is 0 Å². The molecule has 3 rings (SSSR count). The molecule has 1 N–H and O–H groups in total. The molecule has 3 nitrogen and oxygen atoms in total. The molecule has 3 aromatic carbocycles. The van der Waals surface area contributed by atoms with Crippen molar-refractivity contribution >= 4 is 22.4 Å². The summed E-state index contributed by atoms with van der Waals surface area (Å²) in [6, 6.07) is 17.8. The van der Waals surface area contributed by atoms with E-state index in [0.29, 0.717) is 5.75 Å². The van der Waals surface area contributed by atoms with E-state index in [1.807, 2.05) is 30.3 Å². The summed E-state index contributed by atoms with van der Waals surface area (Å²) < 4.78 is 44.6. The number of benzene rings is 3. The lowest BCUT2D eigenvalue weighted by Crippen LogP contribution is -2.31. The highest BCUT2D eigenvalue weighted by atomic mass is 19.4. The SMILES string of the molecule is C[C@H](Oc1ccc2ccccc2c1)C(=O)Nc1ccccc1C(F)(F)F. The van der Waals surface area contributed by atoms with Gasteiger partial charge < -0.3 is 10.1 Å². The molecule has 0 heterocycles. The van der Waals surface area contributed by atoms with E-state index in [0.717, 1.165) is 16.8 Å². The maximum Gasteiger partial charge on any atom is 0.418 e. The maximum absolute atomic E-state index is 13.0. The zero-order valence-corrected chi connectivity index (χ0v) is 13.9. The van der Waals surface area contributed by atoms with Crippen molar-refractivity contribution in [1.82, 2.24) is 0 Å². The third-order valence-electron chi connectivity index (χ3n) is 3.89. The van der Waals surface area contributed by atoms with Gasteiger partial charge in [0.05, 0.1) is 11.3 Å². The lowest BCUT2D eigenvalue weighted by atomic mass is 10.1. The quantitative estimate of drug-likeness (QED) is 0.690. The van der Waals surface area contributed by atoms with Gasteiger partial charge in [-0.1, -0.05) is 42.5 Å². The Bertz CT molecular complexity index is 937. The van der Waals surface area contributed by atoms with Crippen molar-refractivity contribution < 1.29 is 22.7 Å². The van der Waals surface area contributed by atoms with Gasteiger partial charge in [-0.3, -0.25) is 4.79 Å². The normalized spacial score (nSPS) is 12.6. The molecule has 0 aliphatic heterocycles. The van der Waals surface area contributed by atoms with Crippen LogP contribution in [0.5, 0.6) is 5.75 Å². The van der Waals surface area contributed by atoms with Crippen LogP contribution in [0, 0.1) is 0 Å². The van der Waals surface area contributed by atoms with Gasteiger partial charge in [-0.15, -0.1) is 0 Å². The fraction of sp³-hybridized carbons (Fsp3) is 0.150. The fourth-order valence-corrected chi connectivity index (χ4v) is 2.57. The number of hydrogen-bond donors (Lipinski definition) is 1. The molecule has 1 amide bonds. The molecule has 0 unspecified atom stereocenters. The number of rotatable bonds is 4. The molecule has 0 fully saturated rings. The molecule has 0 spiro atoms. The summed E-state index contributed by atoms with van der Waals surface area (Å²) >= 11 is 0. The van der Waals surface area contributed by atoms with E-state index in [2.05, 4.69) is 5.32 Å². The Morgan fingerprint density at radius 2 is 1.62 bits per heavy atom. The molecule has 6 heteroatoms. The summed E-state index contributed by atoms with van der Waals surface area (Å²) in [6.45, 7) is 1.49. The van der Waals surface area contributed by atoms with Crippen molar-refractivity contribution in [3.63, 3.8) is 0 Å². The van der Waals surface area contributed by atoms with Crippen LogP contribution in [0.2, 0.25) is 0 Å². The van der Waals surface area contributed by atoms with E-state index in [9.17, 15) is 18.0 Å². The Hall–Kier alpha value is -3.02. The molecule has 0 radical (unpaired) electrons.